The van der Waals surface area contributed by atoms with Gasteiger partial charge in [0.25, 0.3) is 5.91 Å². The predicted octanol–water partition coefficient (Wildman–Crippen LogP) is 5.08. The molecule has 208 valence electrons. The third kappa shape index (κ3) is 6.36. The third-order valence-electron chi connectivity index (χ3n) is 6.94. The molecular weight excluding hydrogens is 538 g/mol. The van der Waals surface area contributed by atoms with E-state index in [4.69, 9.17) is 11.6 Å². The highest BCUT2D eigenvalue weighted by atomic mass is 35.5. The fourth-order valence-corrected chi connectivity index (χ4v) is 4.81. The van der Waals surface area contributed by atoms with E-state index < -0.39 is 11.9 Å². The first kappa shape index (κ1) is 27.8. The lowest BCUT2D eigenvalue weighted by atomic mass is 9.97. The summed E-state index contributed by atoms with van der Waals surface area (Å²) in [5.74, 6) is -0.0738. The zero-order chi connectivity index (χ0) is 28.9. The van der Waals surface area contributed by atoms with Crippen LogP contribution in [-0.2, 0) is 31.7 Å². The van der Waals surface area contributed by atoms with Gasteiger partial charge in [0, 0.05) is 43.0 Å². The van der Waals surface area contributed by atoms with Crippen LogP contribution in [0.2, 0.25) is 5.02 Å². The Balaban J connectivity index is 1.41. The second-order valence-electron chi connectivity index (χ2n) is 9.76. The molecule has 2 heterocycles. The van der Waals surface area contributed by atoms with E-state index in [9.17, 15) is 9.59 Å². The molecule has 0 saturated carbocycles. The average Bonchev–Trinajstić information content (AvgIpc) is 3.61. The van der Waals surface area contributed by atoms with Gasteiger partial charge in [-0.3, -0.25) is 14.3 Å². The minimum Gasteiger partial charge on any atom is -0.339 e. The van der Waals surface area contributed by atoms with Gasteiger partial charge in [-0.2, -0.15) is 5.10 Å². The van der Waals surface area contributed by atoms with Crippen LogP contribution >= 0.6 is 11.6 Å². The Morgan fingerprint density at radius 2 is 1.71 bits per heavy atom. The number of rotatable bonds is 9. The second kappa shape index (κ2) is 12.2. The van der Waals surface area contributed by atoms with E-state index in [1.54, 1.807) is 31.6 Å². The number of nitrogens with one attached hydrogen (secondary N) is 2. The molecular formula is C31H30ClN7O2. The van der Waals surface area contributed by atoms with Crippen LogP contribution in [0.4, 0.5) is 5.69 Å². The van der Waals surface area contributed by atoms with Gasteiger partial charge >= 0.3 is 0 Å². The standard InChI is InChI=1S/C31H30ClN7O2/c1-4-20-6-5-7-22(16-20)23-10-13-26(32)24(17-23)18-27(36-31(41)28-14-15-34-39(28)3)30(40)35-25-11-8-21(9-12-25)29-37-33-19-38(29)2/h5-17,19,27H,4,18H2,1-3H3,(H,35,40)(H,36,41). The van der Waals surface area contributed by atoms with Crippen LogP contribution in [0.15, 0.2) is 85.3 Å². The molecule has 0 aliphatic rings. The summed E-state index contributed by atoms with van der Waals surface area (Å²) >= 11 is 6.62. The fourth-order valence-electron chi connectivity index (χ4n) is 4.62. The SMILES string of the molecule is CCc1cccc(-c2ccc(Cl)c(CC(NC(=O)c3ccnn3C)C(=O)Nc3ccc(-c4nncn4C)cc3)c2)c1. The molecule has 0 aliphatic heterocycles. The fraction of sp³-hybridized carbons (Fsp3) is 0.194. The van der Waals surface area contributed by atoms with Gasteiger partial charge < -0.3 is 15.2 Å². The topological polar surface area (TPSA) is 107 Å². The Hall–Kier alpha value is -4.76. The average molecular weight is 568 g/mol. The number of amides is 2. The molecule has 9 nitrogen and oxygen atoms in total. The van der Waals surface area contributed by atoms with Crippen molar-refractivity contribution in [3.63, 3.8) is 0 Å². The molecule has 10 heteroatoms. The monoisotopic (exact) mass is 567 g/mol. The molecule has 0 saturated heterocycles. The van der Waals surface area contributed by atoms with Gasteiger partial charge in [-0.1, -0.05) is 48.9 Å². The summed E-state index contributed by atoms with van der Waals surface area (Å²) < 4.78 is 3.28. The number of aryl methyl sites for hydroxylation is 3. The smallest absolute Gasteiger partial charge is 0.270 e. The Morgan fingerprint density at radius 3 is 2.39 bits per heavy atom. The van der Waals surface area contributed by atoms with Gasteiger partial charge in [0.15, 0.2) is 5.82 Å². The van der Waals surface area contributed by atoms with E-state index in [-0.39, 0.29) is 12.3 Å². The van der Waals surface area contributed by atoms with Crippen LogP contribution in [0.5, 0.6) is 0 Å². The van der Waals surface area contributed by atoms with Crippen molar-refractivity contribution < 1.29 is 9.59 Å². The number of hydrogen-bond acceptors (Lipinski definition) is 5. The van der Waals surface area contributed by atoms with Crippen LogP contribution in [0, 0.1) is 0 Å². The molecule has 0 bridgehead atoms. The van der Waals surface area contributed by atoms with Crippen LogP contribution in [0.1, 0.15) is 28.5 Å². The summed E-state index contributed by atoms with van der Waals surface area (Å²) in [6.07, 6.45) is 4.28. The van der Waals surface area contributed by atoms with Crippen LogP contribution in [0.3, 0.4) is 0 Å². The summed E-state index contributed by atoms with van der Waals surface area (Å²) in [5.41, 5.74) is 5.80. The molecule has 2 aromatic heterocycles. The molecule has 2 amide bonds. The van der Waals surface area contributed by atoms with Crippen molar-refractivity contribution in [1.29, 1.82) is 0 Å². The summed E-state index contributed by atoms with van der Waals surface area (Å²) in [4.78, 5) is 26.7. The van der Waals surface area contributed by atoms with Gasteiger partial charge in [-0.05, 0) is 71.1 Å². The van der Waals surface area contributed by atoms with Crippen molar-refractivity contribution in [2.75, 3.05) is 5.32 Å². The van der Waals surface area contributed by atoms with Gasteiger partial charge in [0.2, 0.25) is 5.91 Å². The van der Waals surface area contributed by atoms with Crippen molar-refractivity contribution in [2.24, 2.45) is 14.1 Å². The number of aromatic nitrogens is 5. The van der Waals surface area contributed by atoms with Crippen molar-refractivity contribution in [1.82, 2.24) is 29.9 Å². The molecule has 3 aromatic carbocycles. The maximum absolute atomic E-state index is 13.6. The zero-order valence-electron chi connectivity index (χ0n) is 23.0. The highest BCUT2D eigenvalue weighted by Gasteiger charge is 2.25. The summed E-state index contributed by atoms with van der Waals surface area (Å²) in [6.45, 7) is 2.11. The maximum atomic E-state index is 13.6. The molecule has 0 spiro atoms. The highest BCUT2D eigenvalue weighted by Crippen LogP contribution is 2.27. The minimum atomic E-state index is -0.912. The van der Waals surface area contributed by atoms with E-state index in [0.29, 0.717) is 22.2 Å². The maximum Gasteiger partial charge on any atom is 0.270 e. The number of carbonyl (C=O) groups is 2. The van der Waals surface area contributed by atoms with Gasteiger partial charge in [-0.25, -0.2) is 0 Å². The number of nitrogens with zero attached hydrogens (tertiary/aromatic N) is 5. The van der Waals surface area contributed by atoms with Crippen LogP contribution in [-0.4, -0.2) is 42.4 Å². The number of hydrogen-bond donors (Lipinski definition) is 2. The van der Waals surface area contributed by atoms with Crippen LogP contribution < -0.4 is 10.6 Å². The first-order valence-corrected chi connectivity index (χ1v) is 13.6. The van der Waals surface area contributed by atoms with Crippen molar-refractivity contribution in [3.8, 4) is 22.5 Å². The van der Waals surface area contributed by atoms with Gasteiger partial charge in [0.05, 0.1) is 0 Å². The van der Waals surface area contributed by atoms with E-state index in [0.717, 1.165) is 28.7 Å². The first-order valence-electron chi connectivity index (χ1n) is 13.2. The molecule has 1 unspecified atom stereocenters. The molecule has 0 radical (unpaired) electrons. The zero-order valence-corrected chi connectivity index (χ0v) is 23.8. The molecule has 1 atom stereocenters. The Labute approximate surface area is 243 Å². The molecule has 41 heavy (non-hydrogen) atoms. The summed E-state index contributed by atoms with van der Waals surface area (Å²) in [7, 11) is 3.54. The van der Waals surface area contributed by atoms with Crippen molar-refractivity contribution in [3.05, 3.63) is 107 Å². The minimum absolute atomic E-state index is 0.187. The molecule has 2 N–H and O–H groups in total. The van der Waals surface area contributed by atoms with E-state index in [1.807, 2.05) is 54.1 Å². The van der Waals surface area contributed by atoms with E-state index in [2.05, 4.69) is 45.0 Å². The van der Waals surface area contributed by atoms with Gasteiger partial charge in [0.1, 0.15) is 18.1 Å². The summed E-state index contributed by atoms with van der Waals surface area (Å²) in [6, 6.07) is 22.1. The quantitative estimate of drug-likeness (QED) is 0.258. The van der Waals surface area contributed by atoms with Crippen molar-refractivity contribution in [2.45, 2.75) is 25.8 Å². The van der Waals surface area contributed by atoms with E-state index >= 15 is 0 Å². The number of benzene rings is 3. The lowest BCUT2D eigenvalue weighted by Crippen LogP contribution is -2.45. The second-order valence-corrected chi connectivity index (χ2v) is 10.2. The lowest BCUT2D eigenvalue weighted by molar-refractivity contribution is -0.118. The predicted molar refractivity (Wildman–Crippen MR) is 160 cm³/mol. The van der Waals surface area contributed by atoms with E-state index in [1.165, 1.54) is 16.4 Å². The molecule has 5 aromatic rings. The number of anilines is 1. The number of halogens is 1. The largest absolute Gasteiger partial charge is 0.339 e. The van der Waals surface area contributed by atoms with Crippen LogP contribution in [0.25, 0.3) is 22.5 Å². The highest BCUT2D eigenvalue weighted by molar-refractivity contribution is 6.31. The molecule has 5 rings (SSSR count). The van der Waals surface area contributed by atoms with Gasteiger partial charge in [-0.15, -0.1) is 10.2 Å². The Kier molecular flexibility index (Phi) is 8.26. The lowest BCUT2D eigenvalue weighted by Gasteiger charge is -2.20. The number of carbonyl (C=O) groups excluding carboxylic acids is 2. The normalized spacial score (nSPS) is 11.7. The Morgan fingerprint density at radius 1 is 0.951 bits per heavy atom. The first-order chi connectivity index (χ1) is 19.8. The Bertz CT molecular complexity index is 1690. The molecule has 0 aliphatic carbocycles. The molecule has 0 fully saturated rings. The van der Waals surface area contributed by atoms with Crippen molar-refractivity contribution >= 4 is 29.1 Å². The summed E-state index contributed by atoms with van der Waals surface area (Å²) in [5, 5.41) is 18.4. The third-order valence-corrected chi connectivity index (χ3v) is 7.30.